The van der Waals surface area contributed by atoms with E-state index in [-0.39, 0.29) is 19.3 Å². The maximum atomic E-state index is 14.2. The molecule has 0 unspecified atom stereocenters. The molecule has 0 spiro atoms. The molecule has 0 saturated carbocycles. The third-order valence-electron chi connectivity index (χ3n) is 10.4. The second-order valence-corrected chi connectivity index (χ2v) is 15.1. The molecule has 21 heteroatoms. The van der Waals surface area contributed by atoms with E-state index < -0.39 is 115 Å². The zero-order chi connectivity index (χ0) is 46.6. The fraction of sp³-hybridized carbons (Fsp3) is 0.476. The van der Waals surface area contributed by atoms with Gasteiger partial charge in [-0.05, 0) is 42.5 Å². The molecule has 1 aromatic heterocycles. The monoisotopic (exact) mass is 881 g/mol. The SMILES string of the molecule is CC[C@H](C)[C@H](NC(=O)[C@H](Cc1c[nH]c2ccccc12)NC(=O)[C@H](Cc1ccccc1)NC(=O)[C@H](CO)NC(=O)[C@H](CC(=O)O)NC(=O)[C@H](CO)NC(=O)[C@@H](N)CCCCN)C(=O)O. The third-order valence-corrected chi connectivity index (χ3v) is 10.4. The van der Waals surface area contributed by atoms with Crippen LogP contribution in [0.15, 0.2) is 60.8 Å². The molecule has 1 heterocycles. The number of aromatic nitrogens is 1. The van der Waals surface area contributed by atoms with Crippen LogP contribution in [0.2, 0.25) is 0 Å². The van der Waals surface area contributed by atoms with E-state index in [1.54, 1.807) is 68.6 Å². The number of rotatable bonds is 27. The second-order valence-electron chi connectivity index (χ2n) is 15.1. The Balaban J connectivity index is 1.86. The summed E-state index contributed by atoms with van der Waals surface area (Å²) in [5, 5.41) is 54.5. The molecule has 21 nitrogen and oxygen atoms in total. The van der Waals surface area contributed by atoms with E-state index in [1.165, 1.54) is 0 Å². The van der Waals surface area contributed by atoms with Gasteiger partial charge in [0.15, 0.2) is 0 Å². The van der Waals surface area contributed by atoms with Crippen molar-refractivity contribution >= 4 is 58.3 Å². The predicted octanol–water partition coefficient (Wildman–Crippen LogP) is -2.09. The average molecular weight is 882 g/mol. The quantitative estimate of drug-likeness (QED) is 0.0365. The highest BCUT2D eigenvalue weighted by Crippen LogP contribution is 2.20. The molecule has 0 radical (unpaired) electrons. The average Bonchev–Trinajstić information content (AvgIpc) is 3.67. The van der Waals surface area contributed by atoms with Gasteiger partial charge in [0, 0.05) is 29.9 Å². The molecule has 0 bridgehead atoms. The standard InChI is InChI=1S/C42H59N9O12/c1-3-23(2)35(42(62)63)51-39(59)30(18-25-20-45-28-15-8-7-13-26(25)28)47-37(57)29(17-24-11-5-4-6-12-24)46-41(61)33(22-53)50-38(58)31(19-34(54)55)48-40(60)32(21-52)49-36(56)27(44)14-9-10-16-43/h4-8,11-13,15,20,23,27,29-33,35,45,52-53H,3,9-10,14,16-19,21-22,43-44H2,1-2H3,(H,46,61)(H,47,57)(H,48,60)(H,49,56)(H,50,58)(H,51,59)(H,54,55)(H,62,63)/t23-,27-,29-,30-,31-,32-,33-,35-/m0/s1. The van der Waals surface area contributed by atoms with Gasteiger partial charge in [0.1, 0.15) is 36.3 Å². The molecule has 3 aromatic rings. The number of hydrogen-bond acceptors (Lipinski definition) is 12. The number of benzene rings is 2. The number of unbranched alkanes of at least 4 members (excludes halogenated alkanes) is 1. The van der Waals surface area contributed by atoms with E-state index in [2.05, 4.69) is 36.9 Å². The van der Waals surface area contributed by atoms with E-state index in [0.29, 0.717) is 36.9 Å². The Morgan fingerprint density at radius 3 is 1.73 bits per heavy atom. The van der Waals surface area contributed by atoms with Crippen LogP contribution in [-0.2, 0) is 51.2 Å². The number of amides is 6. The molecule has 344 valence electrons. The lowest BCUT2D eigenvalue weighted by molar-refractivity contribution is -0.144. The van der Waals surface area contributed by atoms with E-state index >= 15 is 0 Å². The Morgan fingerprint density at radius 1 is 0.651 bits per heavy atom. The van der Waals surface area contributed by atoms with Gasteiger partial charge in [0.2, 0.25) is 35.4 Å². The lowest BCUT2D eigenvalue weighted by Gasteiger charge is -2.27. The third kappa shape index (κ3) is 15.8. The number of aromatic amines is 1. The summed E-state index contributed by atoms with van der Waals surface area (Å²) in [7, 11) is 0. The maximum Gasteiger partial charge on any atom is 0.326 e. The number of H-pyrrole nitrogens is 1. The number of carbonyl (C=O) groups excluding carboxylic acids is 6. The summed E-state index contributed by atoms with van der Waals surface area (Å²) in [6.07, 6.45) is 2.09. The maximum absolute atomic E-state index is 14.2. The minimum absolute atomic E-state index is 0.102. The molecule has 63 heavy (non-hydrogen) atoms. The van der Waals surface area contributed by atoms with Crippen LogP contribution in [0.3, 0.4) is 0 Å². The summed E-state index contributed by atoms with van der Waals surface area (Å²) in [4.78, 5) is 108. The Kier molecular flexibility index (Phi) is 20.6. The first kappa shape index (κ1) is 50.9. The molecule has 0 aliphatic carbocycles. The topological polar surface area (TPSA) is 357 Å². The van der Waals surface area contributed by atoms with Gasteiger partial charge in [-0.3, -0.25) is 33.6 Å². The Morgan fingerprint density at radius 2 is 1.16 bits per heavy atom. The fourth-order valence-corrected chi connectivity index (χ4v) is 6.51. The minimum Gasteiger partial charge on any atom is -0.481 e. The second kappa shape index (κ2) is 25.5. The number of carboxylic acids is 2. The van der Waals surface area contributed by atoms with Gasteiger partial charge in [0.25, 0.3) is 0 Å². The molecule has 0 saturated heterocycles. The number of nitrogens with two attached hydrogens (primary N) is 2. The molecular weight excluding hydrogens is 823 g/mol. The molecular formula is C42H59N9O12. The van der Waals surface area contributed by atoms with Crippen LogP contribution in [0.4, 0.5) is 0 Å². The van der Waals surface area contributed by atoms with Crippen molar-refractivity contribution in [3.05, 3.63) is 71.9 Å². The zero-order valence-corrected chi connectivity index (χ0v) is 35.2. The van der Waals surface area contributed by atoms with Crippen LogP contribution in [0.25, 0.3) is 10.9 Å². The van der Waals surface area contributed by atoms with Crippen LogP contribution in [0.5, 0.6) is 0 Å². The van der Waals surface area contributed by atoms with Gasteiger partial charge < -0.3 is 68.8 Å². The first-order chi connectivity index (χ1) is 30.0. The molecule has 15 N–H and O–H groups in total. The van der Waals surface area contributed by atoms with E-state index in [4.69, 9.17) is 11.5 Å². The zero-order valence-electron chi connectivity index (χ0n) is 35.2. The van der Waals surface area contributed by atoms with Crippen LogP contribution >= 0.6 is 0 Å². The number of hydrogen-bond donors (Lipinski definition) is 13. The van der Waals surface area contributed by atoms with Crippen molar-refractivity contribution in [2.24, 2.45) is 17.4 Å². The number of carbonyl (C=O) groups is 8. The Hall–Kier alpha value is -6.42. The van der Waals surface area contributed by atoms with Gasteiger partial charge in [-0.15, -0.1) is 0 Å². The van der Waals surface area contributed by atoms with Gasteiger partial charge in [0.05, 0.1) is 25.7 Å². The molecule has 2 aromatic carbocycles. The Bertz CT molecular complexity index is 2030. The van der Waals surface area contributed by atoms with Crippen molar-refractivity contribution < 1.29 is 58.8 Å². The highest BCUT2D eigenvalue weighted by Gasteiger charge is 2.35. The summed E-state index contributed by atoms with van der Waals surface area (Å²) >= 11 is 0. The van der Waals surface area contributed by atoms with Crippen LogP contribution < -0.4 is 43.4 Å². The lowest BCUT2D eigenvalue weighted by Crippen LogP contribution is -2.61. The molecule has 0 fully saturated rings. The number of para-hydroxylation sites is 1. The summed E-state index contributed by atoms with van der Waals surface area (Å²) in [5.74, 6) is -9.35. The highest BCUT2D eigenvalue weighted by molar-refractivity contribution is 5.98. The smallest absolute Gasteiger partial charge is 0.326 e. The normalized spacial score (nSPS) is 15.0. The fourth-order valence-electron chi connectivity index (χ4n) is 6.51. The largest absolute Gasteiger partial charge is 0.481 e. The number of fused-ring (bicyclic) bond motifs is 1. The number of aliphatic carboxylic acids is 2. The van der Waals surface area contributed by atoms with Crippen molar-refractivity contribution in [2.75, 3.05) is 19.8 Å². The summed E-state index contributed by atoms with van der Waals surface area (Å²) in [6, 6.07) is 5.04. The van der Waals surface area contributed by atoms with E-state index in [0.717, 1.165) is 10.9 Å². The van der Waals surface area contributed by atoms with Crippen LogP contribution in [0, 0.1) is 5.92 Å². The number of carboxylic acid groups (broad SMARTS) is 2. The number of aliphatic hydroxyl groups is 2. The van der Waals surface area contributed by atoms with Crippen molar-refractivity contribution in [2.45, 2.75) is 101 Å². The molecule has 3 rings (SSSR count). The summed E-state index contributed by atoms with van der Waals surface area (Å²) < 4.78 is 0. The van der Waals surface area contributed by atoms with Crippen molar-refractivity contribution in [3.63, 3.8) is 0 Å². The number of nitrogens with one attached hydrogen (secondary N) is 7. The Labute approximate surface area is 363 Å². The van der Waals surface area contributed by atoms with Gasteiger partial charge in [-0.2, -0.15) is 0 Å². The van der Waals surface area contributed by atoms with Crippen molar-refractivity contribution in [1.82, 2.24) is 36.9 Å². The van der Waals surface area contributed by atoms with Crippen molar-refractivity contribution in [1.29, 1.82) is 0 Å². The van der Waals surface area contributed by atoms with Crippen LogP contribution in [0.1, 0.15) is 57.1 Å². The van der Waals surface area contributed by atoms with Gasteiger partial charge >= 0.3 is 11.9 Å². The number of aliphatic hydroxyl groups excluding tert-OH is 2. The first-order valence-electron chi connectivity index (χ1n) is 20.6. The van der Waals surface area contributed by atoms with E-state index in [9.17, 15) is 58.8 Å². The molecule has 0 aliphatic rings. The molecule has 6 amide bonds. The predicted molar refractivity (Wildman–Crippen MR) is 228 cm³/mol. The summed E-state index contributed by atoms with van der Waals surface area (Å²) in [5.41, 5.74) is 13.2. The van der Waals surface area contributed by atoms with Gasteiger partial charge in [-0.25, -0.2) is 4.79 Å². The molecule has 0 aliphatic heterocycles. The first-order valence-corrected chi connectivity index (χ1v) is 20.6. The summed E-state index contributed by atoms with van der Waals surface area (Å²) in [6.45, 7) is 1.76. The highest BCUT2D eigenvalue weighted by atomic mass is 16.4. The van der Waals surface area contributed by atoms with Crippen molar-refractivity contribution in [3.8, 4) is 0 Å². The van der Waals surface area contributed by atoms with Gasteiger partial charge in [-0.1, -0.05) is 75.2 Å². The molecule has 8 atom stereocenters. The van der Waals surface area contributed by atoms with E-state index in [1.807, 2.05) is 6.07 Å². The lowest BCUT2D eigenvalue weighted by atomic mass is 9.97. The minimum atomic E-state index is -1.89. The van der Waals surface area contributed by atoms with Crippen LogP contribution in [-0.4, -0.2) is 135 Å².